The molecular formula is C7H6LiNO2. The Morgan fingerprint density at radius 3 is 2.27 bits per heavy atom. The summed E-state index contributed by atoms with van der Waals surface area (Å²) >= 11 is 0. The molecule has 1 rings (SSSR count). The number of benzene rings is 1. The van der Waals surface area contributed by atoms with Crippen molar-refractivity contribution in [2.45, 2.75) is 0 Å². The normalized spacial score (nSPS) is 8.09. The maximum Gasteiger partial charge on any atom is 1.00 e. The van der Waals surface area contributed by atoms with Gasteiger partial charge in [0.15, 0.2) is 0 Å². The quantitative estimate of drug-likeness (QED) is 0.362. The fourth-order valence-corrected chi connectivity index (χ4v) is 0.648. The van der Waals surface area contributed by atoms with Crippen molar-refractivity contribution in [3.8, 4) is 0 Å². The Morgan fingerprint density at radius 1 is 1.27 bits per heavy atom. The molecule has 0 saturated carbocycles. The van der Waals surface area contributed by atoms with Gasteiger partial charge < -0.3 is 10.7 Å². The van der Waals surface area contributed by atoms with Crippen molar-refractivity contribution in [1.82, 2.24) is 5.48 Å². The van der Waals surface area contributed by atoms with Crippen LogP contribution >= 0.6 is 0 Å². The zero-order chi connectivity index (χ0) is 7.40. The van der Waals surface area contributed by atoms with Gasteiger partial charge in [0, 0.05) is 5.56 Å². The van der Waals surface area contributed by atoms with Crippen molar-refractivity contribution in [2.75, 3.05) is 0 Å². The third-order valence-corrected chi connectivity index (χ3v) is 1.13. The molecule has 3 nitrogen and oxygen atoms in total. The molecule has 0 bridgehead atoms. The van der Waals surface area contributed by atoms with Crippen LogP contribution in [0.1, 0.15) is 10.4 Å². The molecule has 1 N–H and O–H groups in total. The zero-order valence-corrected chi connectivity index (χ0v) is 6.20. The van der Waals surface area contributed by atoms with Gasteiger partial charge in [-0.1, -0.05) is 18.2 Å². The predicted molar refractivity (Wildman–Crippen MR) is 37.3 cm³/mol. The topological polar surface area (TPSA) is 52.2 Å². The summed E-state index contributed by atoms with van der Waals surface area (Å²) in [7, 11) is 0. The molecule has 0 fully saturated rings. The second-order valence-electron chi connectivity index (χ2n) is 1.80. The third-order valence-electron chi connectivity index (χ3n) is 1.13. The van der Waals surface area contributed by atoms with E-state index in [0.717, 1.165) is 0 Å². The first-order valence-corrected chi connectivity index (χ1v) is 2.82. The molecule has 52 valence electrons. The van der Waals surface area contributed by atoms with Crippen LogP contribution in [0.25, 0.3) is 0 Å². The summed E-state index contributed by atoms with van der Waals surface area (Å²) in [6, 6.07) is 8.33. The van der Waals surface area contributed by atoms with Crippen LogP contribution in [0.3, 0.4) is 0 Å². The number of hydrogen-bond donors (Lipinski definition) is 1. The summed E-state index contributed by atoms with van der Waals surface area (Å²) in [6.45, 7) is 0. The molecule has 0 aliphatic heterocycles. The first-order valence-electron chi connectivity index (χ1n) is 2.82. The molecule has 0 spiro atoms. The molecule has 1 aromatic carbocycles. The van der Waals surface area contributed by atoms with Gasteiger partial charge >= 0.3 is 18.9 Å². The molecule has 0 saturated heterocycles. The Kier molecular flexibility index (Phi) is 4.63. The van der Waals surface area contributed by atoms with Crippen LogP contribution in [0.4, 0.5) is 0 Å². The molecule has 11 heavy (non-hydrogen) atoms. The standard InChI is InChI=1S/C7H6NO2.Li/c9-7(8-10)6-4-2-1-3-5-6;/h1-5H,(H-,8,9,10);/q-1;+1. The van der Waals surface area contributed by atoms with Crippen LogP contribution in [0, 0.1) is 5.21 Å². The van der Waals surface area contributed by atoms with E-state index in [1.54, 1.807) is 30.3 Å². The second kappa shape index (κ2) is 4.97. The number of nitrogens with one attached hydrogen (secondary N) is 1. The van der Waals surface area contributed by atoms with E-state index in [4.69, 9.17) is 0 Å². The van der Waals surface area contributed by atoms with E-state index in [1.807, 2.05) is 0 Å². The van der Waals surface area contributed by atoms with E-state index in [1.165, 1.54) is 5.48 Å². The molecule has 1 amide bonds. The molecule has 1 aromatic rings. The van der Waals surface area contributed by atoms with Crippen LogP contribution in [0.15, 0.2) is 30.3 Å². The minimum Gasteiger partial charge on any atom is -0.759 e. The van der Waals surface area contributed by atoms with Gasteiger partial charge in [-0.2, -0.15) is 0 Å². The third kappa shape index (κ3) is 2.77. The molecular weight excluding hydrogens is 137 g/mol. The second-order valence-corrected chi connectivity index (χ2v) is 1.80. The number of carbonyl (C=O) groups is 1. The molecule has 0 unspecified atom stereocenters. The van der Waals surface area contributed by atoms with Gasteiger partial charge in [0.25, 0.3) is 0 Å². The van der Waals surface area contributed by atoms with E-state index < -0.39 is 5.91 Å². The Hall–Kier alpha value is -0.753. The molecule has 4 heteroatoms. The summed E-state index contributed by atoms with van der Waals surface area (Å²) in [5, 5.41) is 9.83. The molecule has 0 atom stereocenters. The van der Waals surface area contributed by atoms with Gasteiger partial charge in [-0.25, -0.2) is 0 Å². The monoisotopic (exact) mass is 143 g/mol. The van der Waals surface area contributed by atoms with E-state index in [0.29, 0.717) is 5.56 Å². The zero-order valence-electron chi connectivity index (χ0n) is 6.20. The van der Waals surface area contributed by atoms with Gasteiger partial charge in [-0.3, -0.25) is 4.79 Å². The van der Waals surface area contributed by atoms with E-state index in [2.05, 4.69) is 0 Å². The van der Waals surface area contributed by atoms with E-state index >= 15 is 0 Å². The Labute approximate surface area is 76.6 Å². The largest absolute Gasteiger partial charge is 1.00 e. The van der Waals surface area contributed by atoms with Gasteiger partial charge in [-0.15, -0.1) is 0 Å². The van der Waals surface area contributed by atoms with Crippen molar-refractivity contribution < 1.29 is 23.7 Å². The smallest absolute Gasteiger partial charge is 0.759 e. The molecule has 0 aromatic heterocycles. The summed E-state index contributed by atoms with van der Waals surface area (Å²) < 4.78 is 0. The number of hydrogen-bond acceptors (Lipinski definition) is 2. The maximum absolute atomic E-state index is 10.6. The van der Waals surface area contributed by atoms with Crippen molar-refractivity contribution in [1.29, 1.82) is 0 Å². The molecule has 0 heterocycles. The van der Waals surface area contributed by atoms with Gasteiger partial charge in [0.1, 0.15) is 0 Å². The first-order chi connectivity index (χ1) is 4.84. The number of carbonyl (C=O) groups excluding carboxylic acids is 1. The van der Waals surface area contributed by atoms with Gasteiger partial charge in [0.05, 0.1) is 0 Å². The van der Waals surface area contributed by atoms with Gasteiger partial charge in [0.2, 0.25) is 5.91 Å². The van der Waals surface area contributed by atoms with Crippen molar-refractivity contribution in [2.24, 2.45) is 0 Å². The van der Waals surface area contributed by atoms with Crippen LogP contribution < -0.4 is 24.3 Å². The summed E-state index contributed by atoms with van der Waals surface area (Å²) in [4.78, 5) is 10.6. The van der Waals surface area contributed by atoms with Crippen molar-refractivity contribution in [3.63, 3.8) is 0 Å². The van der Waals surface area contributed by atoms with Crippen LogP contribution in [0.5, 0.6) is 0 Å². The molecule has 0 aliphatic carbocycles. The first kappa shape index (κ1) is 10.2. The molecule has 0 aliphatic rings. The maximum atomic E-state index is 10.6. The van der Waals surface area contributed by atoms with E-state index in [-0.39, 0.29) is 18.9 Å². The Bertz CT molecular complexity index is 225. The summed E-state index contributed by atoms with van der Waals surface area (Å²) in [6.07, 6.45) is 0. The van der Waals surface area contributed by atoms with Crippen molar-refractivity contribution in [3.05, 3.63) is 41.1 Å². The Balaban J connectivity index is 0.000001000. The minimum absolute atomic E-state index is 0. The SMILES string of the molecule is O=C(N[O-])c1ccccc1.[Li+]. The number of amides is 1. The van der Waals surface area contributed by atoms with Gasteiger partial charge in [-0.05, 0) is 12.1 Å². The van der Waals surface area contributed by atoms with Crippen LogP contribution in [-0.4, -0.2) is 5.91 Å². The average Bonchev–Trinajstić information content (AvgIpc) is 2.05. The number of rotatable bonds is 1. The Morgan fingerprint density at radius 2 is 1.82 bits per heavy atom. The average molecular weight is 143 g/mol. The summed E-state index contributed by atoms with van der Waals surface area (Å²) in [5.41, 5.74) is 1.68. The number of hydroxylamine groups is 1. The van der Waals surface area contributed by atoms with Crippen molar-refractivity contribution >= 4 is 5.91 Å². The predicted octanol–water partition coefficient (Wildman–Crippen LogP) is -2.08. The van der Waals surface area contributed by atoms with Crippen LogP contribution in [-0.2, 0) is 0 Å². The minimum atomic E-state index is -0.597. The summed E-state index contributed by atoms with van der Waals surface area (Å²) in [5.74, 6) is -0.597. The molecule has 0 radical (unpaired) electrons. The van der Waals surface area contributed by atoms with E-state index in [9.17, 15) is 10.0 Å². The fourth-order valence-electron chi connectivity index (χ4n) is 0.648. The fraction of sp³-hybridized carbons (Fsp3) is 0. The van der Waals surface area contributed by atoms with Crippen LogP contribution in [0.2, 0.25) is 0 Å².